The molecule has 11 heavy (non-hydrogen) atoms. The van der Waals surface area contributed by atoms with Gasteiger partial charge in [0.2, 0.25) is 0 Å². The average molecular weight is 223 g/mol. The Balaban J connectivity index is 3.02. The van der Waals surface area contributed by atoms with Crippen molar-refractivity contribution in [3.8, 4) is 0 Å². The molecule has 0 aromatic rings. The Labute approximate surface area is 78.3 Å². The monoisotopic (exact) mass is 222 g/mol. The minimum atomic E-state index is -0.464. The highest BCUT2D eigenvalue weighted by molar-refractivity contribution is 9.09. The van der Waals surface area contributed by atoms with Crippen LogP contribution < -0.4 is 0 Å². The highest BCUT2D eigenvalue weighted by atomic mass is 79.9. The molecule has 1 nitrogen and oxygen atoms in total. The molecule has 0 bridgehead atoms. The number of rotatable bonds is 6. The van der Waals surface area contributed by atoms with E-state index in [9.17, 15) is 5.11 Å². The first-order chi connectivity index (χ1) is 5.06. The van der Waals surface area contributed by atoms with Gasteiger partial charge >= 0.3 is 0 Å². The van der Waals surface area contributed by atoms with Crippen molar-refractivity contribution in [3.05, 3.63) is 0 Å². The van der Waals surface area contributed by atoms with Crippen LogP contribution in [0.15, 0.2) is 0 Å². The Morgan fingerprint density at radius 1 is 1.09 bits per heavy atom. The number of hydrogen-bond donors (Lipinski definition) is 1. The molecule has 0 aliphatic rings. The zero-order valence-corrected chi connectivity index (χ0v) is 9.15. The van der Waals surface area contributed by atoms with Crippen molar-refractivity contribution in [2.24, 2.45) is 0 Å². The molecule has 0 heterocycles. The summed E-state index contributed by atoms with van der Waals surface area (Å²) in [4.78, 5) is 0. The van der Waals surface area contributed by atoms with Crippen molar-refractivity contribution in [1.29, 1.82) is 0 Å². The highest BCUT2D eigenvalue weighted by Crippen LogP contribution is 2.13. The molecular formula is C9H19BrO. The number of aliphatic hydroxyl groups is 1. The second-order valence-corrected chi connectivity index (χ2v) is 4.46. The molecule has 0 aliphatic carbocycles. The maximum absolute atomic E-state index is 9.36. The van der Waals surface area contributed by atoms with E-state index in [1.54, 1.807) is 0 Å². The summed E-state index contributed by atoms with van der Waals surface area (Å²) in [5.74, 6) is 0. The van der Waals surface area contributed by atoms with Crippen LogP contribution in [0.1, 0.15) is 46.0 Å². The lowest BCUT2D eigenvalue weighted by Crippen LogP contribution is -2.17. The fourth-order valence-corrected chi connectivity index (χ4v) is 1.40. The van der Waals surface area contributed by atoms with Gasteiger partial charge in [0.25, 0.3) is 0 Å². The second kappa shape index (κ2) is 6.01. The van der Waals surface area contributed by atoms with E-state index in [0.29, 0.717) is 0 Å². The number of unbranched alkanes of at least 4 members (excludes halogenated alkanes) is 3. The molecule has 68 valence electrons. The summed E-state index contributed by atoms with van der Waals surface area (Å²) in [5, 5.41) is 10.5. The third-order valence-electron chi connectivity index (χ3n) is 1.67. The number of hydrogen-bond acceptors (Lipinski definition) is 1. The van der Waals surface area contributed by atoms with Crippen molar-refractivity contribution >= 4 is 15.9 Å². The minimum absolute atomic E-state index is 0.464. The lowest BCUT2D eigenvalue weighted by Gasteiger charge is -2.16. The zero-order valence-electron chi connectivity index (χ0n) is 7.57. The number of halogens is 1. The Morgan fingerprint density at radius 2 is 1.64 bits per heavy atom. The molecule has 0 aromatic heterocycles. The molecular weight excluding hydrogens is 204 g/mol. The van der Waals surface area contributed by atoms with Crippen LogP contribution in [0.25, 0.3) is 0 Å². The fraction of sp³-hybridized carbons (Fsp3) is 1.00. The van der Waals surface area contributed by atoms with Gasteiger partial charge < -0.3 is 5.11 Å². The van der Waals surface area contributed by atoms with E-state index in [0.717, 1.165) is 18.2 Å². The Morgan fingerprint density at radius 3 is 2.09 bits per heavy atom. The molecule has 0 aromatic carbocycles. The van der Waals surface area contributed by atoms with Gasteiger partial charge in [-0.1, -0.05) is 35.2 Å². The normalized spacial score (nSPS) is 12.0. The van der Waals surface area contributed by atoms with Gasteiger partial charge in [0.1, 0.15) is 0 Å². The van der Waals surface area contributed by atoms with Gasteiger partial charge in [-0.2, -0.15) is 0 Å². The van der Waals surface area contributed by atoms with E-state index in [-0.39, 0.29) is 0 Å². The molecule has 2 heteroatoms. The molecule has 0 aliphatic heterocycles. The Bertz CT molecular complexity index is 86.1. The molecule has 0 rings (SSSR count). The summed E-state index contributed by atoms with van der Waals surface area (Å²) in [7, 11) is 0. The first kappa shape index (κ1) is 11.4. The van der Waals surface area contributed by atoms with E-state index in [1.165, 1.54) is 19.3 Å². The summed E-state index contributed by atoms with van der Waals surface area (Å²) in [6, 6.07) is 0. The van der Waals surface area contributed by atoms with Crippen molar-refractivity contribution in [1.82, 2.24) is 0 Å². The van der Waals surface area contributed by atoms with Crippen molar-refractivity contribution in [2.45, 2.75) is 51.6 Å². The van der Waals surface area contributed by atoms with Gasteiger partial charge in [-0.25, -0.2) is 0 Å². The van der Waals surface area contributed by atoms with E-state index < -0.39 is 5.60 Å². The molecule has 0 unspecified atom stereocenters. The van der Waals surface area contributed by atoms with E-state index >= 15 is 0 Å². The Kier molecular flexibility index (Phi) is 6.25. The summed E-state index contributed by atoms with van der Waals surface area (Å²) >= 11 is 3.39. The molecule has 0 saturated heterocycles. The van der Waals surface area contributed by atoms with Gasteiger partial charge in [0.15, 0.2) is 0 Å². The molecule has 1 N–H and O–H groups in total. The summed E-state index contributed by atoms with van der Waals surface area (Å²) < 4.78 is 0. The largest absolute Gasteiger partial charge is 0.390 e. The van der Waals surface area contributed by atoms with E-state index in [4.69, 9.17) is 0 Å². The smallest absolute Gasteiger partial charge is 0.0591 e. The zero-order chi connectivity index (χ0) is 8.74. The summed E-state index contributed by atoms with van der Waals surface area (Å²) in [5.41, 5.74) is -0.464. The number of alkyl halides is 1. The van der Waals surface area contributed by atoms with Crippen LogP contribution in [0.2, 0.25) is 0 Å². The SMILES string of the molecule is CC(C)(O)CCCCCCBr. The predicted molar refractivity (Wildman–Crippen MR) is 53.2 cm³/mol. The molecule has 0 amide bonds. The first-order valence-electron chi connectivity index (χ1n) is 4.34. The van der Waals surface area contributed by atoms with Crippen LogP contribution in [0.4, 0.5) is 0 Å². The van der Waals surface area contributed by atoms with Gasteiger partial charge in [0.05, 0.1) is 5.60 Å². The standard InChI is InChI=1S/C9H19BrO/c1-9(2,11)7-5-3-4-6-8-10/h11H,3-8H2,1-2H3. The van der Waals surface area contributed by atoms with Crippen LogP contribution in [-0.4, -0.2) is 16.0 Å². The Hall–Kier alpha value is 0.440. The van der Waals surface area contributed by atoms with Gasteiger partial charge in [-0.3, -0.25) is 0 Å². The summed E-state index contributed by atoms with van der Waals surface area (Å²) in [6.07, 6.45) is 5.86. The molecule has 0 spiro atoms. The van der Waals surface area contributed by atoms with Gasteiger partial charge in [-0.05, 0) is 26.7 Å². The predicted octanol–water partition coefficient (Wildman–Crippen LogP) is 3.10. The third-order valence-corrected chi connectivity index (χ3v) is 2.23. The van der Waals surface area contributed by atoms with E-state index in [2.05, 4.69) is 15.9 Å². The molecule has 0 saturated carbocycles. The van der Waals surface area contributed by atoms with E-state index in [1.807, 2.05) is 13.8 Å². The quantitative estimate of drug-likeness (QED) is 0.541. The molecule has 0 radical (unpaired) electrons. The average Bonchev–Trinajstić information content (AvgIpc) is 1.85. The lowest BCUT2D eigenvalue weighted by atomic mass is 10.0. The molecule has 0 fully saturated rings. The second-order valence-electron chi connectivity index (χ2n) is 3.67. The third kappa shape index (κ3) is 10.4. The highest BCUT2D eigenvalue weighted by Gasteiger charge is 2.10. The fourth-order valence-electron chi connectivity index (χ4n) is 1.01. The van der Waals surface area contributed by atoms with Crippen LogP contribution in [0.5, 0.6) is 0 Å². The maximum Gasteiger partial charge on any atom is 0.0591 e. The summed E-state index contributed by atoms with van der Waals surface area (Å²) in [6.45, 7) is 3.75. The van der Waals surface area contributed by atoms with Gasteiger partial charge in [0, 0.05) is 5.33 Å². The first-order valence-corrected chi connectivity index (χ1v) is 5.47. The van der Waals surface area contributed by atoms with Crippen LogP contribution in [0, 0.1) is 0 Å². The minimum Gasteiger partial charge on any atom is -0.390 e. The molecule has 0 atom stereocenters. The van der Waals surface area contributed by atoms with Crippen LogP contribution >= 0.6 is 15.9 Å². The lowest BCUT2D eigenvalue weighted by molar-refractivity contribution is 0.0681. The van der Waals surface area contributed by atoms with Crippen molar-refractivity contribution in [3.63, 3.8) is 0 Å². The van der Waals surface area contributed by atoms with Crippen molar-refractivity contribution < 1.29 is 5.11 Å². The van der Waals surface area contributed by atoms with Crippen molar-refractivity contribution in [2.75, 3.05) is 5.33 Å². The van der Waals surface area contributed by atoms with Crippen LogP contribution in [-0.2, 0) is 0 Å². The van der Waals surface area contributed by atoms with Crippen LogP contribution in [0.3, 0.4) is 0 Å². The van der Waals surface area contributed by atoms with Gasteiger partial charge in [-0.15, -0.1) is 0 Å². The topological polar surface area (TPSA) is 20.2 Å². The maximum atomic E-state index is 9.36.